The van der Waals surface area contributed by atoms with Crippen molar-refractivity contribution in [3.63, 3.8) is 0 Å². The topological polar surface area (TPSA) is 0 Å². The molecule has 1 atom stereocenters. The van der Waals surface area contributed by atoms with E-state index in [1.807, 2.05) is 0 Å². The van der Waals surface area contributed by atoms with Crippen LogP contribution in [0.1, 0.15) is 149 Å². The standard InChI is InChI=1S/C29H54/c1-5-7-9-11-13-14-15-16-17-18-19-20-22-24-26-29(27-28(3)4)25-23-21-12-10-8-6-2/h28-29H,1-2,5-12,15-27H2,3-4H3. The normalized spacial score (nSPS) is 12.2. The molecule has 0 aliphatic heterocycles. The number of hydrogen-bond donors (Lipinski definition) is 0. The highest BCUT2D eigenvalue weighted by Gasteiger charge is 2.10. The van der Waals surface area contributed by atoms with Gasteiger partial charge >= 0.3 is 0 Å². The van der Waals surface area contributed by atoms with E-state index in [9.17, 15) is 0 Å². The summed E-state index contributed by atoms with van der Waals surface area (Å²) in [7, 11) is 0. The second-order valence-corrected chi connectivity index (χ2v) is 9.58. The van der Waals surface area contributed by atoms with E-state index < -0.39 is 0 Å². The third kappa shape index (κ3) is 23.7. The first-order valence-corrected chi connectivity index (χ1v) is 13.2. The van der Waals surface area contributed by atoms with Gasteiger partial charge in [-0.3, -0.25) is 0 Å². The van der Waals surface area contributed by atoms with Crippen molar-refractivity contribution in [3.05, 3.63) is 13.8 Å². The molecule has 29 heavy (non-hydrogen) atoms. The molecule has 0 aliphatic rings. The molecular formula is C29H54. The maximum absolute atomic E-state index is 3.95. The molecule has 0 aliphatic carbocycles. The highest BCUT2D eigenvalue weighted by molar-refractivity contribution is 4.98. The summed E-state index contributed by atoms with van der Waals surface area (Å²) in [6.07, 6.45) is 28.1. The largest absolute Gasteiger partial charge is 0.103 e. The molecule has 0 heterocycles. The van der Waals surface area contributed by atoms with E-state index in [1.54, 1.807) is 0 Å². The van der Waals surface area contributed by atoms with Gasteiger partial charge in [-0.1, -0.05) is 130 Å². The first kappa shape index (κ1) is 28.6. The van der Waals surface area contributed by atoms with Crippen LogP contribution in [0.3, 0.4) is 0 Å². The lowest BCUT2D eigenvalue weighted by atomic mass is 9.87. The van der Waals surface area contributed by atoms with E-state index in [1.165, 1.54) is 109 Å². The number of rotatable bonds is 21. The molecule has 0 spiro atoms. The molecule has 0 aromatic rings. The Bertz CT molecular complexity index is 356. The molecule has 0 heteroatoms. The number of hydrogen-bond acceptors (Lipinski definition) is 0. The second kappa shape index (κ2) is 23.8. The highest BCUT2D eigenvalue weighted by atomic mass is 14.2. The van der Waals surface area contributed by atoms with Crippen molar-refractivity contribution in [3.8, 4) is 11.8 Å². The van der Waals surface area contributed by atoms with E-state index in [0.717, 1.165) is 37.5 Å². The van der Waals surface area contributed by atoms with Gasteiger partial charge < -0.3 is 0 Å². The summed E-state index contributed by atoms with van der Waals surface area (Å²) >= 11 is 0. The third-order valence-corrected chi connectivity index (χ3v) is 6.01. The van der Waals surface area contributed by atoms with Crippen LogP contribution in [-0.4, -0.2) is 0 Å². The van der Waals surface area contributed by atoms with Gasteiger partial charge in [-0.2, -0.15) is 0 Å². The Labute approximate surface area is 186 Å². The van der Waals surface area contributed by atoms with Crippen molar-refractivity contribution in [2.45, 2.75) is 149 Å². The van der Waals surface area contributed by atoms with Crippen molar-refractivity contribution < 1.29 is 0 Å². The van der Waals surface area contributed by atoms with Crippen LogP contribution in [0.5, 0.6) is 0 Å². The molecular weight excluding hydrogens is 348 g/mol. The minimum absolute atomic E-state index is 0.859. The van der Waals surface area contributed by atoms with Crippen LogP contribution in [0.4, 0.5) is 0 Å². The fourth-order valence-corrected chi connectivity index (χ4v) is 4.28. The van der Waals surface area contributed by atoms with E-state index in [4.69, 9.17) is 0 Å². The predicted octanol–water partition coefficient (Wildman–Crippen LogP) is 10.1. The molecule has 0 nitrogen and oxygen atoms in total. The van der Waals surface area contributed by atoms with Gasteiger partial charge in [0.2, 0.25) is 0 Å². The number of unbranched alkanes of at least 4 members (excludes halogenated alkanes) is 15. The Morgan fingerprint density at radius 3 is 1.38 bits per heavy atom. The Morgan fingerprint density at radius 2 is 0.897 bits per heavy atom. The highest BCUT2D eigenvalue weighted by Crippen LogP contribution is 2.25. The van der Waals surface area contributed by atoms with Crippen molar-refractivity contribution in [1.29, 1.82) is 0 Å². The van der Waals surface area contributed by atoms with Crippen LogP contribution in [0.15, 0.2) is 0 Å². The minimum Gasteiger partial charge on any atom is -0.103 e. The van der Waals surface area contributed by atoms with Gasteiger partial charge in [0.25, 0.3) is 0 Å². The summed E-state index contributed by atoms with van der Waals surface area (Å²) in [5, 5.41) is 0. The fraction of sp³-hybridized carbons (Fsp3) is 0.862. The lowest BCUT2D eigenvalue weighted by Crippen LogP contribution is -2.05. The lowest BCUT2D eigenvalue weighted by Gasteiger charge is -2.19. The second-order valence-electron chi connectivity index (χ2n) is 9.58. The van der Waals surface area contributed by atoms with Gasteiger partial charge in [-0.25, -0.2) is 0 Å². The zero-order chi connectivity index (χ0) is 21.4. The van der Waals surface area contributed by atoms with Crippen LogP contribution in [0.2, 0.25) is 0 Å². The molecule has 0 N–H and O–H groups in total. The Balaban J connectivity index is 3.54. The smallest absolute Gasteiger partial charge is 0.00886 e. The SMILES string of the molecule is [CH2]CCCCC#CCCCCCCCCCC(CCCCCCC[CH2])CC(C)C. The summed E-state index contributed by atoms with van der Waals surface area (Å²) in [6, 6.07) is 0. The first-order valence-electron chi connectivity index (χ1n) is 13.2. The maximum atomic E-state index is 3.95. The van der Waals surface area contributed by atoms with Crippen LogP contribution < -0.4 is 0 Å². The Hall–Kier alpha value is -0.440. The van der Waals surface area contributed by atoms with E-state index >= 15 is 0 Å². The average molecular weight is 403 g/mol. The van der Waals surface area contributed by atoms with Crippen LogP contribution in [0, 0.1) is 37.5 Å². The Morgan fingerprint density at radius 1 is 0.517 bits per heavy atom. The van der Waals surface area contributed by atoms with Gasteiger partial charge in [-0.15, -0.1) is 11.8 Å². The minimum atomic E-state index is 0.859. The summed E-state index contributed by atoms with van der Waals surface area (Å²) < 4.78 is 0. The summed E-state index contributed by atoms with van der Waals surface area (Å²) in [5.74, 6) is 8.49. The molecule has 0 rings (SSSR count). The fourth-order valence-electron chi connectivity index (χ4n) is 4.28. The van der Waals surface area contributed by atoms with Crippen LogP contribution >= 0.6 is 0 Å². The van der Waals surface area contributed by atoms with Crippen LogP contribution in [-0.2, 0) is 0 Å². The summed E-state index contributed by atoms with van der Waals surface area (Å²) in [4.78, 5) is 0. The summed E-state index contributed by atoms with van der Waals surface area (Å²) in [6.45, 7) is 12.6. The molecule has 1 unspecified atom stereocenters. The predicted molar refractivity (Wildman–Crippen MR) is 134 cm³/mol. The zero-order valence-corrected chi connectivity index (χ0v) is 20.4. The molecule has 0 aromatic heterocycles. The maximum Gasteiger partial charge on any atom is 0.00886 e. The van der Waals surface area contributed by atoms with E-state index in [2.05, 4.69) is 39.5 Å². The quantitative estimate of drug-likeness (QED) is 0.132. The molecule has 0 fully saturated rings. The average Bonchev–Trinajstić information content (AvgIpc) is 2.70. The molecule has 0 saturated heterocycles. The van der Waals surface area contributed by atoms with Crippen molar-refractivity contribution >= 4 is 0 Å². The zero-order valence-electron chi connectivity index (χ0n) is 20.4. The Kier molecular flexibility index (Phi) is 23.5. The lowest BCUT2D eigenvalue weighted by molar-refractivity contribution is 0.338. The monoisotopic (exact) mass is 402 g/mol. The molecule has 170 valence electrons. The third-order valence-electron chi connectivity index (χ3n) is 6.01. The van der Waals surface area contributed by atoms with Crippen molar-refractivity contribution in [2.24, 2.45) is 11.8 Å². The van der Waals surface area contributed by atoms with E-state index in [0.29, 0.717) is 0 Å². The van der Waals surface area contributed by atoms with Crippen molar-refractivity contribution in [1.82, 2.24) is 0 Å². The molecule has 0 saturated carbocycles. The summed E-state index contributed by atoms with van der Waals surface area (Å²) in [5.41, 5.74) is 0. The van der Waals surface area contributed by atoms with Gasteiger partial charge in [0.15, 0.2) is 0 Å². The van der Waals surface area contributed by atoms with Crippen molar-refractivity contribution in [2.75, 3.05) is 0 Å². The molecule has 2 radical (unpaired) electrons. The van der Waals surface area contributed by atoms with Gasteiger partial charge in [-0.05, 0) is 31.1 Å². The first-order chi connectivity index (χ1) is 14.2. The molecule has 0 aromatic carbocycles. The van der Waals surface area contributed by atoms with Gasteiger partial charge in [0.05, 0.1) is 0 Å². The van der Waals surface area contributed by atoms with Gasteiger partial charge in [0, 0.05) is 12.8 Å². The molecule has 0 amide bonds. The van der Waals surface area contributed by atoms with Crippen LogP contribution in [0.25, 0.3) is 0 Å². The van der Waals surface area contributed by atoms with E-state index in [-0.39, 0.29) is 0 Å². The molecule has 0 bridgehead atoms. The van der Waals surface area contributed by atoms with Gasteiger partial charge in [0.1, 0.15) is 0 Å².